The molecule has 11 rings (SSSR count). The van der Waals surface area contributed by atoms with Crippen molar-refractivity contribution in [3.05, 3.63) is 206 Å². The van der Waals surface area contributed by atoms with Crippen LogP contribution in [0, 0.1) is 0 Å². The molecule has 258 valence electrons. The SMILES string of the molecule is c1ccc(-c2ccc(N(c3cccc(-c4cccc5c4c4ccc6ccccc6c4n5-c4ccccc4)c3)c3cccc4oc5ccccc5c34)cc2)cc1. The second-order valence-corrected chi connectivity index (χ2v) is 14.1. The Balaban J connectivity index is 1.15. The predicted molar refractivity (Wildman–Crippen MR) is 231 cm³/mol. The van der Waals surface area contributed by atoms with Crippen LogP contribution in [0.15, 0.2) is 211 Å². The van der Waals surface area contributed by atoms with Gasteiger partial charge in [-0.2, -0.15) is 0 Å². The highest BCUT2D eigenvalue weighted by molar-refractivity contribution is 6.22. The van der Waals surface area contributed by atoms with Gasteiger partial charge < -0.3 is 13.9 Å². The maximum Gasteiger partial charge on any atom is 0.137 e. The Morgan fingerprint density at radius 2 is 1.07 bits per heavy atom. The fourth-order valence-electron chi connectivity index (χ4n) is 8.53. The van der Waals surface area contributed by atoms with Crippen molar-refractivity contribution in [2.24, 2.45) is 0 Å². The van der Waals surface area contributed by atoms with E-state index < -0.39 is 0 Å². The number of benzene rings is 9. The van der Waals surface area contributed by atoms with Crippen LogP contribution < -0.4 is 4.90 Å². The Kier molecular flexibility index (Phi) is 7.17. The molecule has 0 aliphatic carbocycles. The molecule has 2 heterocycles. The van der Waals surface area contributed by atoms with E-state index in [-0.39, 0.29) is 0 Å². The van der Waals surface area contributed by atoms with Crippen LogP contribution in [0.25, 0.3) is 82.5 Å². The van der Waals surface area contributed by atoms with Crippen molar-refractivity contribution in [3.8, 4) is 27.9 Å². The third kappa shape index (κ3) is 5.05. The van der Waals surface area contributed by atoms with E-state index in [2.05, 4.69) is 210 Å². The van der Waals surface area contributed by atoms with Crippen LogP contribution in [-0.2, 0) is 0 Å². The molecule has 0 saturated heterocycles. The minimum atomic E-state index is 0.867. The smallest absolute Gasteiger partial charge is 0.137 e. The number of hydrogen-bond donors (Lipinski definition) is 0. The van der Waals surface area contributed by atoms with Gasteiger partial charge in [-0.15, -0.1) is 0 Å². The molecule has 3 heteroatoms. The average molecular weight is 703 g/mol. The van der Waals surface area contributed by atoms with Crippen molar-refractivity contribution in [2.75, 3.05) is 4.90 Å². The molecule has 0 aliphatic heterocycles. The molecule has 0 radical (unpaired) electrons. The van der Waals surface area contributed by atoms with Gasteiger partial charge in [0.15, 0.2) is 0 Å². The van der Waals surface area contributed by atoms with Gasteiger partial charge in [-0.3, -0.25) is 0 Å². The third-order valence-electron chi connectivity index (χ3n) is 11.0. The molecule has 11 aromatic rings. The Bertz CT molecular complexity index is 3190. The van der Waals surface area contributed by atoms with Gasteiger partial charge >= 0.3 is 0 Å². The molecule has 9 aromatic carbocycles. The summed E-state index contributed by atoms with van der Waals surface area (Å²) in [5, 5.41) is 7.14. The number of hydrogen-bond acceptors (Lipinski definition) is 2. The fourth-order valence-corrected chi connectivity index (χ4v) is 8.53. The van der Waals surface area contributed by atoms with E-state index in [9.17, 15) is 0 Å². The van der Waals surface area contributed by atoms with Crippen LogP contribution in [0.2, 0.25) is 0 Å². The summed E-state index contributed by atoms with van der Waals surface area (Å²) in [6.07, 6.45) is 0. The molecule has 0 fully saturated rings. The minimum absolute atomic E-state index is 0.867. The lowest BCUT2D eigenvalue weighted by molar-refractivity contribution is 0.669. The molecule has 0 aliphatic rings. The highest BCUT2D eigenvalue weighted by atomic mass is 16.3. The normalized spacial score (nSPS) is 11.6. The molecule has 0 spiro atoms. The van der Waals surface area contributed by atoms with Crippen molar-refractivity contribution in [1.29, 1.82) is 0 Å². The van der Waals surface area contributed by atoms with Gasteiger partial charge in [0, 0.05) is 38.6 Å². The quantitative estimate of drug-likeness (QED) is 0.172. The molecular weight excluding hydrogens is 669 g/mol. The molecular formula is C52H34N2O. The number of aromatic nitrogens is 1. The zero-order chi connectivity index (χ0) is 36.3. The van der Waals surface area contributed by atoms with E-state index in [0.717, 1.165) is 50.3 Å². The fraction of sp³-hybridized carbons (Fsp3) is 0. The van der Waals surface area contributed by atoms with Gasteiger partial charge in [0.05, 0.1) is 22.1 Å². The Hall–Kier alpha value is -7.36. The summed E-state index contributed by atoms with van der Waals surface area (Å²) >= 11 is 0. The van der Waals surface area contributed by atoms with Gasteiger partial charge in [-0.05, 0) is 88.3 Å². The summed E-state index contributed by atoms with van der Waals surface area (Å²) in [5.41, 5.74) is 13.2. The highest BCUT2D eigenvalue weighted by Crippen LogP contribution is 2.46. The Morgan fingerprint density at radius 3 is 1.93 bits per heavy atom. The lowest BCUT2D eigenvalue weighted by atomic mass is 9.97. The van der Waals surface area contributed by atoms with Crippen molar-refractivity contribution < 1.29 is 4.42 Å². The number of fused-ring (bicyclic) bond motifs is 8. The molecule has 3 nitrogen and oxygen atoms in total. The van der Waals surface area contributed by atoms with Gasteiger partial charge in [0.25, 0.3) is 0 Å². The predicted octanol–water partition coefficient (Wildman–Crippen LogP) is 14.6. The zero-order valence-corrected chi connectivity index (χ0v) is 29.9. The first-order valence-corrected chi connectivity index (χ1v) is 18.8. The number of rotatable bonds is 6. The molecule has 0 amide bonds. The van der Waals surface area contributed by atoms with Crippen molar-refractivity contribution in [3.63, 3.8) is 0 Å². The minimum Gasteiger partial charge on any atom is -0.456 e. The Labute approximate surface area is 318 Å². The molecule has 0 atom stereocenters. The van der Waals surface area contributed by atoms with E-state index in [1.807, 2.05) is 6.07 Å². The first kappa shape index (κ1) is 31.2. The van der Waals surface area contributed by atoms with Crippen molar-refractivity contribution >= 4 is 71.6 Å². The number of para-hydroxylation sites is 2. The molecule has 0 saturated carbocycles. The average Bonchev–Trinajstić information content (AvgIpc) is 3.82. The highest BCUT2D eigenvalue weighted by Gasteiger charge is 2.22. The van der Waals surface area contributed by atoms with Crippen LogP contribution in [0.1, 0.15) is 0 Å². The molecule has 0 bridgehead atoms. The van der Waals surface area contributed by atoms with Crippen LogP contribution >= 0.6 is 0 Å². The number of furan rings is 1. The zero-order valence-electron chi connectivity index (χ0n) is 29.9. The van der Waals surface area contributed by atoms with Gasteiger partial charge in [0.2, 0.25) is 0 Å². The molecule has 55 heavy (non-hydrogen) atoms. The topological polar surface area (TPSA) is 21.3 Å². The third-order valence-corrected chi connectivity index (χ3v) is 11.0. The van der Waals surface area contributed by atoms with E-state index in [0.29, 0.717) is 0 Å². The summed E-state index contributed by atoms with van der Waals surface area (Å²) < 4.78 is 8.85. The van der Waals surface area contributed by atoms with E-state index in [1.165, 1.54) is 49.3 Å². The van der Waals surface area contributed by atoms with Gasteiger partial charge in [0.1, 0.15) is 11.2 Å². The first-order valence-electron chi connectivity index (χ1n) is 18.8. The first-order chi connectivity index (χ1) is 27.3. The van der Waals surface area contributed by atoms with Crippen LogP contribution in [0.3, 0.4) is 0 Å². The van der Waals surface area contributed by atoms with Crippen molar-refractivity contribution in [1.82, 2.24) is 4.57 Å². The van der Waals surface area contributed by atoms with Crippen LogP contribution in [0.4, 0.5) is 17.1 Å². The van der Waals surface area contributed by atoms with E-state index >= 15 is 0 Å². The van der Waals surface area contributed by atoms with Crippen molar-refractivity contribution in [2.45, 2.75) is 0 Å². The number of nitrogens with zero attached hydrogens (tertiary/aromatic N) is 2. The molecule has 0 unspecified atom stereocenters. The second kappa shape index (κ2) is 12.6. The molecule has 2 aromatic heterocycles. The largest absolute Gasteiger partial charge is 0.456 e. The van der Waals surface area contributed by atoms with Gasteiger partial charge in [-0.25, -0.2) is 0 Å². The summed E-state index contributed by atoms with van der Waals surface area (Å²) in [6.45, 7) is 0. The lowest BCUT2D eigenvalue weighted by Gasteiger charge is -2.27. The standard InChI is InChI=1S/C52H34N2O/c1-3-14-35(15-4-1)36-28-31-40(32-29-36)53(47-25-13-27-49-51(47)44-22-9-10-26-48(44)55-49)41-20-11-17-38(34-41)42-23-12-24-46-50(42)45-33-30-37-16-7-8-21-43(37)52(45)54(46)39-18-5-2-6-19-39/h1-34H. The second-order valence-electron chi connectivity index (χ2n) is 14.1. The summed E-state index contributed by atoms with van der Waals surface area (Å²) in [4.78, 5) is 2.38. The van der Waals surface area contributed by atoms with Crippen LogP contribution in [-0.4, -0.2) is 4.57 Å². The summed E-state index contributed by atoms with van der Waals surface area (Å²) in [5.74, 6) is 0. The lowest BCUT2D eigenvalue weighted by Crippen LogP contribution is -2.10. The van der Waals surface area contributed by atoms with E-state index in [1.54, 1.807) is 0 Å². The van der Waals surface area contributed by atoms with E-state index in [4.69, 9.17) is 4.42 Å². The van der Waals surface area contributed by atoms with Crippen LogP contribution in [0.5, 0.6) is 0 Å². The maximum atomic E-state index is 6.41. The Morgan fingerprint density at radius 1 is 0.400 bits per heavy atom. The summed E-state index contributed by atoms with van der Waals surface area (Å²) in [6, 6.07) is 73.9. The maximum absolute atomic E-state index is 6.41. The number of anilines is 3. The van der Waals surface area contributed by atoms with Gasteiger partial charge in [-0.1, -0.05) is 146 Å². The monoisotopic (exact) mass is 702 g/mol. The summed E-state index contributed by atoms with van der Waals surface area (Å²) in [7, 11) is 0. The molecule has 0 N–H and O–H groups in total.